The number of anilines is 1. The predicted molar refractivity (Wildman–Crippen MR) is 158 cm³/mol. The molecule has 1 saturated heterocycles. The molecule has 2 aliphatic rings. The smallest absolute Gasteiger partial charge is 0.414 e. The lowest BCUT2D eigenvalue weighted by atomic mass is 9.87. The molecule has 0 saturated carbocycles. The second-order valence-corrected chi connectivity index (χ2v) is 14.3. The monoisotopic (exact) mass is 639 g/mol. The van der Waals surface area contributed by atoms with Crippen LogP contribution in [0.4, 0.5) is 15.3 Å². The first-order valence-electron chi connectivity index (χ1n) is 14.6. The number of fused-ring (bicyclic) bond motifs is 1. The summed E-state index contributed by atoms with van der Waals surface area (Å²) in [6.07, 6.45) is -1.12. The van der Waals surface area contributed by atoms with E-state index in [-0.39, 0.29) is 37.6 Å². The standard InChI is InChI=1S/C29H44N4O10S/c1-17(2)15-20(24(35)31-21(25(36)44(39,40)41)16-18-11-13-30-23(18)34)32-26(37)42-29(6)12-14-33(27(38)43-28(3,4)5)22-10-8-7-9-19(22)29/h7-10,17-18,20-21,25,36H,11-16H2,1-6H3,(H,30,34)(H,31,35)(H,32,37)(H,39,40,41)/p-1/t18-,20-,21-,25?,29?/m0/s1. The number of carbonyl (C=O) groups is 4. The first-order chi connectivity index (χ1) is 20.3. The maximum Gasteiger partial charge on any atom is 0.414 e. The molecule has 2 unspecified atom stereocenters. The second-order valence-electron chi connectivity index (χ2n) is 12.9. The lowest BCUT2D eigenvalue weighted by Gasteiger charge is -2.40. The summed E-state index contributed by atoms with van der Waals surface area (Å²) >= 11 is 0. The number of ether oxygens (including phenoxy) is 2. The van der Waals surface area contributed by atoms with E-state index in [4.69, 9.17) is 9.47 Å². The van der Waals surface area contributed by atoms with Gasteiger partial charge in [-0.15, -0.1) is 0 Å². The van der Waals surface area contributed by atoms with Crippen molar-refractivity contribution in [3.63, 3.8) is 0 Å². The molecule has 1 aromatic carbocycles. The van der Waals surface area contributed by atoms with Crippen LogP contribution in [0.1, 0.15) is 72.8 Å². The average Bonchev–Trinajstić information content (AvgIpc) is 3.29. The van der Waals surface area contributed by atoms with Crippen molar-refractivity contribution in [1.82, 2.24) is 16.0 Å². The molecule has 44 heavy (non-hydrogen) atoms. The Morgan fingerprint density at radius 2 is 1.86 bits per heavy atom. The largest absolute Gasteiger partial charge is 0.746 e. The number of carbonyl (C=O) groups excluding carboxylic acids is 4. The molecule has 1 fully saturated rings. The Hall–Kier alpha value is -3.43. The number of alkyl carbamates (subject to hydrolysis) is 1. The van der Waals surface area contributed by atoms with E-state index in [9.17, 15) is 37.3 Å². The number of para-hydroxylation sites is 1. The van der Waals surface area contributed by atoms with Gasteiger partial charge in [0.15, 0.2) is 5.44 Å². The molecular formula is C29H43N4O10S-. The van der Waals surface area contributed by atoms with E-state index in [0.29, 0.717) is 24.2 Å². The molecule has 2 aliphatic heterocycles. The molecule has 4 amide bonds. The van der Waals surface area contributed by atoms with Crippen molar-refractivity contribution < 1.29 is 46.7 Å². The molecule has 14 nitrogen and oxygen atoms in total. The van der Waals surface area contributed by atoms with Gasteiger partial charge in [-0.05, 0) is 58.9 Å². The Morgan fingerprint density at radius 1 is 1.20 bits per heavy atom. The summed E-state index contributed by atoms with van der Waals surface area (Å²) in [5.74, 6) is -2.07. The van der Waals surface area contributed by atoms with Gasteiger partial charge >= 0.3 is 12.2 Å². The van der Waals surface area contributed by atoms with Gasteiger partial charge in [-0.25, -0.2) is 18.0 Å². The van der Waals surface area contributed by atoms with E-state index in [0.717, 1.165) is 0 Å². The first-order valence-corrected chi connectivity index (χ1v) is 16.1. The number of amides is 4. The number of rotatable bonds is 10. The van der Waals surface area contributed by atoms with Gasteiger partial charge in [-0.2, -0.15) is 0 Å². The Balaban J connectivity index is 1.78. The maximum absolute atomic E-state index is 13.4. The van der Waals surface area contributed by atoms with Gasteiger partial charge in [0.25, 0.3) is 0 Å². The Kier molecular flexibility index (Phi) is 10.9. The summed E-state index contributed by atoms with van der Waals surface area (Å²) in [6, 6.07) is 4.11. The normalized spacial score (nSPS) is 22.3. The number of aliphatic hydroxyl groups is 1. The van der Waals surface area contributed by atoms with E-state index >= 15 is 0 Å². The average molecular weight is 640 g/mol. The zero-order valence-corrected chi connectivity index (χ0v) is 26.7. The summed E-state index contributed by atoms with van der Waals surface area (Å²) in [5.41, 5.74) is -3.35. The highest BCUT2D eigenvalue weighted by Gasteiger charge is 2.42. The molecule has 0 radical (unpaired) electrons. The number of nitrogens with zero attached hydrogens (tertiary/aromatic N) is 1. The molecule has 3 rings (SSSR count). The molecule has 0 spiro atoms. The van der Waals surface area contributed by atoms with Crippen LogP contribution < -0.4 is 20.9 Å². The number of hydrogen-bond donors (Lipinski definition) is 4. The van der Waals surface area contributed by atoms with Crippen LogP contribution >= 0.6 is 0 Å². The van der Waals surface area contributed by atoms with Gasteiger partial charge in [0.2, 0.25) is 11.8 Å². The fourth-order valence-corrected chi connectivity index (χ4v) is 5.92. The molecule has 5 atom stereocenters. The molecule has 0 aliphatic carbocycles. The summed E-state index contributed by atoms with van der Waals surface area (Å²) in [7, 11) is -5.25. The first kappa shape index (κ1) is 35.1. The Morgan fingerprint density at radius 3 is 2.43 bits per heavy atom. The SMILES string of the molecule is CC(C)C[C@H](NC(=O)OC1(C)CCN(C(=O)OC(C)(C)C)c2ccccc21)C(=O)N[C@@H](C[C@@H]1CCNC1=O)C(O)S(=O)(=O)[O-]. The van der Waals surface area contributed by atoms with Crippen molar-refractivity contribution >= 4 is 39.8 Å². The van der Waals surface area contributed by atoms with Crippen molar-refractivity contribution in [3.8, 4) is 0 Å². The molecular weight excluding hydrogens is 596 g/mol. The van der Waals surface area contributed by atoms with Gasteiger partial charge in [0.05, 0.1) is 11.7 Å². The highest BCUT2D eigenvalue weighted by molar-refractivity contribution is 7.86. The number of benzene rings is 1. The predicted octanol–water partition coefficient (Wildman–Crippen LogP) is 2.06. The van der Waals surface area contributed by atoms with Gasteiger partial charge in [0, 0.05) is 31.0 Å². The minimum Gasteiger partial charge on any atom is -0.746 e. The van der Waals surface area contributed by atoms with Crippen LogP contribution in [-0.2, 0) is 34.8 Å². The van der Waals surface area contributed by atoms with E-state index < -0.39 is 62.9 Å². The molecule has 2 heterocycles. The quantitative estimate of drug-likeness (QED) is 0.274. The van der Waals surface area contributed by atoms with Crippen LogP contribution in [0.2, 0.25) is 0 Å². The summed E-state index contributed by atoms with van der Waals surface area (Å²) < 4.78 is 46.3. The third kappa shape index (κ3) is 9.05. The van der Waals surface area contributed by atoms with Gasteiger partial charge in [-0.1, -0.05) is 32.0 Å². The van der Waals surface area contributed by atoms with Gasteiger partial charge < -0.3 is 35.1 Å². The molecule has 0 aromatic heterocycles. The molecule has 15 heteroatoms. The molecule has 246 valence electrons. The van der Waals surface area contributed by atoms with Crippen LogP contribution in [0.5, 0.6) is 0 Å². The van der Waals surface area contributed by atoms with E-state index in [1.54, 1.807) is 65.8 Å². The van der Waals surface area contributed by atoms with Crippen LogP contribution in [0.25, 0.3) is 0 Å². The number of hydrogen-bond acceptors (Lipinski definition) is 10. The number of aliphatic hydroxyl groups excluding tert-OH is 1. The highest BCUT2D eigenvalue weighted by atomic mass is 32.2. The molecule has 0 bridgehead atoms. The van der Waals surface area contributed by atoms with Crippen LogP contribution in [0.3, 0.4) is 0 Å². The minimum absolute atomic E-state index is 0.109. The zero-order chi connectivity index (χ0) is 33.0. The van der Waals surface area contributed by atoms with E-state index in [1.807, 2.05) is 0 Å². The maximum atomic E-state index is 13.4. The fourth-order valence-electron chi connectivity index (χ4n) is 5.34. The van der Waals surface area contributed by atoms with Crippen molar-refractivity contribution in [2.75, 3.05) is 18.0 Å². The highest BCUT2D eigenvalue weighted by Crippen LogP contribution is 2.41. The molecule has 1 aromatic rings. The summed E-state index contributed by atoms with van der Waals surface area (Å²) in [6.45, 7) is 11.1. The number of nitrogens with one attached hydrogen (secondary N) is 3. The zero-order valence-electron chi connectivity index (χ0n) is 25.9. The minimum atomic E-state index is -5.25. The van der Waals surface area contributed by atoms with Gasteiger partial charge in [0.1, 0.15) is 27.4 Å². The van der Waals surface area contributed by atoms with Crippen molar-refractivity contribution in [2.24, 2.45) is 11.8 Å². The second kappa shape index (κ2) is 13.7. The lowest BCUT2D eigenvalue weighted by molar-refractivity contribution is -0.126. The summed E-state index contributed by atoms with van der Waals surface area (Å²) in [5, 5.41) is 17.7. The van der Waals surface area contributed by atoms with Crippen molar-refractivity contribution in [1.29, 1.82) is 0 Å². The fraction of sp³-hybridized carbons (Fsp3) is 0.655. The van der Waals surface area contributed by atoms with Crippen LogP contribution in [-0.4, -0.2) is 78.3 Å². The van der Waals surface area contributed by atoms with Crippen molar-refractivity contribution in [2.45, 2.75) is 95.9 Å². The lowest BCUT2D eigenvalue weighted by Crippen LogP contribution is -2.55. The summed E-state index contributed by atoms with van der Waals surface area (Å²) in [4.78, 5) is 53.1. The Labute approximate surface area is 258 Å². The Bertz CT molecular complexity index is 1350. The van der Waals surface area contributed by atoms with Crippen molar-refractivity contribution in [3.05, 3.63) is 29.8 Å². The molecule has 4 N–H and O–H groups in total. The van der Waals surface area contributed by atoms with Crippen LogP contribution in [0, 0.1) is 11.8 Å². The van der Waals surface area contributed by atoms with Gasteiger partial charge in [-0.3, -0.25) is 14.5 Å². The topological polar surface area (TPSA) is 203 Å². The van der Waals surface area contributed by atoms with E-state index in [2.05, 4.69) is 16.0 Å². The van der Waals surface area contributed by atoms with Crippen LogP contribution in [0.15, 0.2) is 24.3 Å². The van der Waals surface area contributed by atoms with E-state index in [1.165, 1.54) is 4.90 Å². The third-order valence-corrected chi connectivity index (χ3v) is 8.41. The third-order valence-electron chi connectivity index (χ3n) is 7.49.